The fourth-order valence-corrected chi connectivity index (χ4v) is 4.09. The van der Waals surface area contributed by atoms with Crippen LogP contribution in [0.5, 0.6) is 0 Å². The van der Waals surface area contributed by atoms with Crippen LogP contribution in [-0.4, -0.2) is 11.7 Å². The molecule has 0 heterocycles. The summed E-state index contributed by atoms with van der Waals surface area (Å²) in [6, 6.07) is 18.8. The molecule has 0 aromatic heterocycles. The van der Waals surface area contributed by atoms with Crippen LogP contribution in [0.3, 0.4) is 0 Å². The Morgan fingerprint density at radius 3 is 2.38 bits per heavy atom. The number of oxime groups is 1. The molecule has 1 unspecified atom stereocenters. The van der Waals surface area contributed by atoms with Crippen LogP contribution >= 0.6 is 11.8 Å². The van der Waals surface area contributed by atoms with E-state index in [0.29, 0.717) is 5.92 Å². The Bertz CT molecular complexity index is 797. The van der Waals surface area contributed by atoms with Crippen LogP contribution in [0, 0.1) is 11.8 Å². The molecular weight excluding hydrogens is 378 g/mol. The van der Waals surface area contributed by atoms with Crippen molar-refractivity contribution in [3.8, 4) is 0 Å². The van der Waals surface area contributed by atoms with Gasteiger partial charge in [-0.2, -0.15) is 0 Å². The number of carbonyl (C=O) groups is 1. The van der Waals surface area contributed by atoms with E-state index in [-0.39, 0.29) is 11.9 Å². The first-order valence-electron chi connectivity index (χ1n) is 10.8. The molecule has 3 nitrogen and oxygen atoms in total. The molecule has 2 aromatic carbocycles. The van der Waals surface area contributed by atoms with Crippen molar-refractivity contribution in [3.63, 3.8) is 0 Å². The van der Waals surface area contributed by atoms with Crippen molar-refractivity contribution < 1.29 is 9.63 Å². The summed E-state index contributed by atoms with van der Waals surface area (Å²) in [6.45, 7) is 4.18. The lowest BCUT2D eigenvalue weighted by Gasteiger charge is -2.12. The molecule has 0 aliphatic heterocycles. The summed E-state index contributed by atoms with van der Waals surface area (Å²) in [4.78, 5) is 20.3. The highest BCUT2D eigenvalue weighted by molar-refractivity contribution is 7.99. The van der Waals surface area contributed by atoms with Gasteiger partial charge in [0.15, 0.2) is 0 Å². The van der Waals surface area contributed by atoms with Crippen molar-refractivity contribution in [2.24, 2.45) is 17.0 Å². The highest BCUT2D eigenvalue weighted by Crippen LogP contribution is 2.34. The molecule has 2 aromatic rings. The first-order chi connectivity index (χ1) is 14.2. The Kier molecular flexibility index (Phi) is 8.36. The number of carbonyl (C=O) groups excluding carboxylic acids is 1. The first-order valence-corrected chi connectivity index (χ1v) is 11.6. The molecule has 1 aliphatic carbocycles. The van der Waals surface area contributed by atoms with Crippen molar-refractivity contribution in [2.45, 2.75) is 68.6 Å². The standard InChI is InChI=1S/C25H31NO2S/c1-3-5-9-20(4-2)25(27)28-26-24(18-19-12-13-19)21-14-16-23(17-15-21)29-22-10-7-6-8-11-22/h6-8,10-11,14-17,19-20H,3-5,9,12-13,18H2,1-2H3. The fourth-order valence-electron chi connectivity index (χ4n) is 3.26. The molecule has 3 rings (SSSR count). The largest absolute Gasteiger partial charge is 0.338 e. The minimum Gasteiger partial charge on any atom is -0.318 e. The van der Waals surface area contributed by atoms with E-state index in [1.807, 2.05) is 13.0 Å². The monoisotopic (exact) mass is 409 g/mol. The van der Waals surface area contributed by atoms with Crippen molar-refractivity contribution in [2.75, 3.05) is 0 Å². The smallest absolute Gasteiger partial charge is 0.318 e. The van der Waals surface area contributed by atoms with Gasteiger partial charge in [-0.15, -0.1) is 0 Å². The summed E-state index contributed by atoms with van der Waals surface area (Å²) < 4.78 is 0. The normalized spacial score (nSPS) is 15.2. The van der Waals surface area contributed by atoms with Gasteiger partial charge in [-0.25, -0.2) is 4.79 Å². The zero-order valence-electron chi connectivity index (χ0n) is 17.5. The van der Waals surface area contributed by atoms with Gasteiger partial charge in [-0.1, -0.05) is 73.9 Å². The van der Waals surface area contributed by atoms with Crippen LogP contribution in [0.2, 0.25) is 0 Å². The van der Waals surface area contributed by atoms with E-state index in [9.17, 15) is 4.79 Å². The Balaban J connectivity index is 1.67. The van der Waals surface area contributed by atoms with Crippen molar-refractivity contribution in [3.05, 3.63) is 60.2 Å². The second-order valence-electron chi connectivity index (χ2n) is 7.78. The lowest BCUT2D eigenvalue weighted by atomic mass is 10.00. The number of nitrogens with zero attached hydrogens (tertiary/aromatic N) is 1. The van der Waals surface area contributed by atoms with E-state index >= 15 is 0 Å². The number of rotatable bonds is 11. The van der Waals surface area contributed by atoms with Crippen LogP contribution < -0.4 is 0 Å². The minimum atomic E-state index is -0.189. The summed E-state index contributed by atoms with van der Waals surface area (Å²) in [6.07, 6.45) is 7.18. The molecule has 1 fully saturated rings. The molecule has 1 saturated carbocycles. The van der Waals surface area contributed by atoms with Gasteiger partial charge < -0.3 is 4.84 Å². The van der Waals surface area contributed by atoms with Gasteiger partial charge in [0.2, 0.25) is 0 Å². The molecule has 1 atom stereocenters. The molecule has 154 valence electrons. The van der Waals surface area contributed by atoms with E-state index in [1.165, 1.54) is 22.6 Å². The molecule has 0 amide bonds. The zero-order valence-corrected chi connectivity index (χ0v) is 18.3. The Morgan fingerprint density at radius 1 is 1.07 bits per heavy atom. The Hall–Kier alpha value is -2.07. The SMILES string of the molecule is CCCCC(CC)C(=O)ON=C(CC1CC1)c1ccc(Sc2ccccc2)cc1. The van der Waals surface area contributed by atoms with Crippen LogP contribution in [0.25, 0.3) is 0 Å². The van der Waals surface area contributed by atoms with E-state index in [0.717, 1.165) is 43.4 Å². The maximum atomic E-state index is 12.4. The second kappa shape index (κ2) is 11.2. The van der Waals surface area contributed by atoms with Gasteiger partial charge in [0.05, 0.1) is 11.6 Å². The van der Waals surface area contributed by atoms with Gasteiger partial charge in [-0.3, -0.25) is 0 Å². The predicted molar refractivity (Wildman–Crippen MR) is 120 cm³/mol. The second-order valence-corrected chi connectivity index (χ2v) is 8.93. The molecule has 1 aliphatic rings. The maximum absolute atomic E-state index is 12.4. The molecular formula is C25H31NO2S. The highest BCUT2D eigenvalue weighted by Gasteiger charge is 2.25. The average Bonchev–Trinajstić information content (AvgIpc) is 3.57. The van der Waals surface area contributed by atoms with Crippen LogP contribution in [0.15, 0.2) is 69.5 Å². The summed E-state index contributed by atoms with van der Waals surface area (Å²) in [5, 5.41) is 4.32. The zero-order chi connectivity index (χ0) is 20.5. The van der Waals surface area contributed by atoms with Crippen LogP contribution in [-0.2, 0) is 9.63 Å². The topological polar surface area (TPSA) is 38.7 Å². The lowest BCUT2D eigenvalue weighted by molar-refractivity contribution is -0.149. The third-order valence-electron chi connectivity index (χ3n) is 5.32. The molecule has 0 bridgehead atoms. The Labute approximate surface area is 178 Å². The quantitative estimate of drug-likeness (QED) is 0.226. The minimum absolute atomic E-state index is 0.0504. The van der Waals surface area contributed by atoms with Crippen LogP contribution in [0.4, 0.5) is 0 Å². The van der Waals surface area contributed by atoms with Gasteiger partial charge >= 0.3 is 5.97 Å². The van der Waals surface area contributed by atoms with E-state index in [4.69, 9.17) is 4.84 Å². The molecule has 0 spiro atoms. The van der Waals surface area contributed by atoms with Gasteiger partial charge in [0.25, 0.3) is 0 Å². The van der Waals surface area contributed by atoms with Crippen molar-refractivity contribution in [1.29, 1.82) is 0 Å². The average molecular weight is 410 g/mol. The van der Waals surface area contributed by atoms with Gasteiger partial charge in [-0.05, 0) is 67.9 Å². The predicted octanol–water partition coefficient (Wildman–Crippen LogP) is 7.10. The molecule has 0 saturated heterocycles. The summed E-state index contributed by atoms with van der Waals surface area (Å²) >= 11 is 1.74. The van der Waals surface area contributed by atoms with E-state index in [1.54, 1.807) is 11.8 Å². The summed E-state index contributed by atoms with van der Waals surface area (Å²) in [5.74, 6) is 0.434. The lowest BCUT2D eigenvalue weighted by Crippen LogP contribution is -2.16. The third kappa shape index (κ3) is 7.04. The first kappa shape index (κ1) is 21.6. The number of benzene rings is 2. The molecule has 29 heavy (non-hydrogen) atoms. The maximum Gasteiger partial charge on any atom is 0.338 e. The number of hydrogen-bond acceptors (Lipinski definition) is 4. The fraction of sp³-hybridized carbons (Fsp3) is 0.440. The summed E-state index contributed by atoms with van der Waals surface area (Å²) in [7, 11) is 0. The van der Waals surface area contributed by atoms with Crippen LogP contribution in [0.1, 0.15) is 64.4 Å². The molecule has 4 heteroatoms. The number of hydrogen-bond donors (Lipinski definition) is 0. The van der Waals surface area contributed by atoms with Crippen molar-refractivity contribution in [1.82, 2.24) is 0 Å². The van der Waals surface area contributed by atoms with Gasteiger partial charge in [0, 0.05) is 9.79 Å². The van der Waals surface area contributed by atoms with E-state index < -0.39 is 0 Å². The van der Waals surface area contributed by atoms with E-state index in [2.05, 4.69) is 60.6 Å². The highest BCUT2D eigenvalue weighted by atomic mass is 32.2. The molecule has 0 radical (unpaired) electrons. The van der Waals surface area contributed by atoms with Gasteiger partial charge in [0.1, 0.15) is 0 Å². The summed E-state index contributed by atoms with van der Waals surface area (Å²) in [5.41, 5.74) is 1.94. The number of unbranched alkanes of at least 4 members (excludes halogenated alkanes) is 1. The Morgan fingerprint density at radius 2 is 1.76 bits per heavy atom. The van der Waals surface area contributed by atoms with Crippen molar-refractivity contribution >= 4 is 23.4 Å². The third-order valence-corrected chi connectivity index (χ3v) is 6.34. The molecule has 0 N–H and O–H groups in total.